The predicted octanol–water partition coefficient (Wildman–Crippen LogP) is 2.94. The van der Waals surface area contributed by atoms with Gasteiger partial charge in [-0.1, -0.05) is 43.0 Å². The molecule has 0 saturated carbocycles. The molecule has 0 fully saturated rings. The fourth-order valence-electron chi connectivity index (χ4n) is 1.79. The van der Waals surface area contributed by atoms with Crippen molar-refractivity contribution in [2.45, 2.75) is 0 Å². The van der Waals surface area contributed by atoms with Crippen LogP contribution in [0.4, 0.5) is 4.79 Å². The number of thiol groups is 1. The highest BCUT2D eigenvalue weighted by Crippen LogP contribution is 2.15. The van der Waals surface area contributed by atoms with Gasteiger partial charge in [0.15, 0.2) is 5.78 Å². The molecule has 0 atom stereocenters. The van der Waals surface area contributed by atoms with Crippen LogP contribution in [-0.2, 0) is 0 Å². The molecule has 2 aromatic rings. The second-order valence-electron chi connectivity index (χ2n) is 4.30. The van der Waals surface area contributed by atoms with Crippen molar-refractivity contribution in [1.82, 2.24) is 5.32 Å². The summed E-state index contributed by atoms with van der Waals surface area (Å²) in [5, 5.41) is 2.13. The van der Waals surface area contributed by atoms with Crippen molar-refractivity contribution in [3.8, 4) is 5.75 Å². The summed E-state index contributed by atoms with van der Waals surface area (Å²) in [6.07, 6.45) is 0. The van der Waals surface area contributed by atoms with Crippen LogP contribution < -0.4 is 10.1 Å². The van der Waals surface area contributed by atoms with Crippen LogP contribution in [0.15, 0.2) is 54.6 Å². The van der Waals surface area contributed by atoms with Crippen LogP contribution in [0.3, 0.4) is 0 Å². The molecule has 0 heterocycles. The number of benzene rings is 2. The van der Waals surface area contributed by atoms with Gasteiger partial charge in [-0.05, 0) is 24.3 Å². The number of rotatable bonds is 6. The van der Waals surface area contributed by atoms with E-state index in [4.69, 9.17) is 4.74 Å². The van der Waals surface area contributed by atoms with Crippen LogP contribution in [0.25, 0.3) is 0 Å². The first kappa shape index (κ1) is 15.1. The van der Waals surface area contributed by atoms with Crippen molar-refractivity contribution in [3.63, 3.8) is 0 Å². The van der Waals surface area contributed by atoms with Crippen molar-refractivity contribution in [1.29, 1.82) is 0 Å². The molecule has 0 radical (unpaired) electrons. The van der Waals surface area contributed by atoms with Crippen LogP contribution >= 0.6 is 12.6 Å². The number of hydrogen-bond donors (Lipinski definition) is 2. The number of nitrogens with one attached hydrogen (secondary N) is 1. The summed E-state index contributed by atoms with van der Waals surface area (Å²) >= 11 is 3.59. The molecule has 2 aromatic carbocycles. The minimum absolute atomic E-state index is 0.0236. The van der Waals surface area contributed by atoms with Gasteiger partial charge >= 0.3 is 0 Å². The maximum atomic E-state index is 12.2. The van der Waals surface area contributed by atoms with Gasteiger partial charge in [0.2, 0.25) is 0 Å². The Balaban J connectivity index is 1.93. The number of ketones is 1. The quantitative estimate of drug-likeness (QED) is 0.490. The molecule has 1 amide bonds. The zero-order chi connectivity index (χ0) is 15.1. The van der Waals surface area contributed by atoms with E-state index < -0.39 is 0 Å². The molecule has 0 spiro atoms. The number of hydrogen-bond acceptors (Lipinski definition) is 3. The molecule has 21 heavy (non-hydrogen) atoms. The topological polar surface area (TPSA) is 55.4 Å². The van der Waals surface area contributed by atoms with E-state index in [9.17, 15) is 9.59 Å². The summed E-state index contributed by atoms with van der Waals surface area (Å²) in [5.41, 5.74) is 1.26. The van der Waals surface area contributed by atoms with Crippen LogP contribution in [0.5, 0.6) is 5.75 Å². The molecule has 0 aromatic heterocycles. The Labute approximate surface area is 128 Å². The summed E-state index contributed by atoms with van der Waals surface area (Å²) in [6.45, 7) is 0.727. The Morgan fingerprint density at radius 1 is 0.952 bits per heavy atom. The van der Waals surface area contributed by atoms with Crippen molar-refractivity contribution in [2.24, 2.45) is 0 Å². The zero-order valence-corrected chi connectivity index (χ0v) is 12.2. The monoisotopic (exact) mass is 301 g/mol. The lowest BCUT2D eigenvalue weighted by molar-refractivity contribution is 0.103. The summed E-state index contributed by atoms with van der Waals surface area (Å²) < 4.78 is 5.44. The van der Waals surface area contributed by atoms with E-state index in [1.54, 1.807) is 36.4 Å². The second-order valence-corrected chi connectivity index (χ2v) is 4.71. The standard InChI is InChI=1S/C16H15NO3S/c18-15(12-4-2-1-3-5-12)13-6-8-14(9-7-13)20-11-10-17-16(19)21/h1-9H,10-11H2,(H2,17,19,21). The number of carbonyl (C=O) groups is 2. The lowest BCUT2D eigenvalue weighted by Crippen LogP contribution is -2.23. The van der Waals surface area contributed by atoms with E-state index >= 15 is 0 Å². The molecular formula is C16H15NO3S. The zero-order valence-electron chi connectivity index (χ0n) is 11.3. The SMILES string of the molecule is O=C(S)NCCOc1ccc(C(=O)c2ccccc2)cc1. The van der Waals surface area contributed by atoms with Gasteiger partial charge in [0, 0.05) is 11.1 Å². The fraction of sp³-hybridized carbons (Fsp3) is 0.125. The van der Waals surface area contributed by atoms with E-state index in [1.807, 2.05) is 18.2 Å². The number of ether oxygens (including phenoxy) is 1. The van der Waals surface area contributed by atoms with Gasteiger partial charge in [-0.15, -0.1) is 0 Å². The van der Waals surface area contributed by atoms with Gasteiger partial charge in [-0.25, -0.2) is 0 Å². The van der Waals surface area contributed by atoms with E-state index in [-0.39, 0.29) is 11.0 Å². The Hall–Kier alpha value is -2.27. The molecule has 0 aliphatic heterocycles. The van der Waals surface area contributed by atoms with Crippen LogP contribution in [0.1, 0.15) is 15.9 Å². The third kappa shape index (κ3) is 4.65. The van der Waals surface area contributed by atoms with Crippen molar-refractivity contribution in [2.75, 3.05) is 13.2 Å². The fourth-order valence-corrected chi connectivity index (χ4v) is 1.90. The molecule has 0 aliphatic rings. The van der Waals surface area contributed by atoms with E-state index in [0.29, 0.717) is 30.0 Å². The van der Waals surface area contributed by atoms with E-state index in [0.717, 1.165) is 0 Å². The van der Waals surface area contributed by atoms with Crippen LogP contribution in [0, 0.1) is 0 Å². The molecule has 5 heteroatoms. The second kappa shape index (κ2) is 7.50. The van der Waals surface area contributed by atoms with Gasteiger partial charge in [0.25, 0.3) is 5.24 Å². The molecular weight excluding hydrogens is 286 g/mol. The Morgan fingerprint density at radius 2 is 1.57 bits per heavy atom. The van der Waals surface area contributed by atoms with Crippen molar-refractivity contribution < 1.29 is 14.3 Å². The van der Waals surface area contributed by atoms with Gasteiger partial charge in [-0.3, -0.25) is 9.59 Å². The number of amides is 1. The molecule has 0 saturated heterocycles. The van der Waals surface area contributed by atoms with Gasteiger partial charge in [-0.2, -0.15) is 0 Å². The third-order valence-electron chi connectivity index (χ3n) is 2.80. The highest BCUT2D eigenvalue weighted by Gasteiger charge is 2.08. The Morgan fingerprint density at radius 3 is 2.19 bits per heavy atom. The minimum atomic E-state index is -0.387. The summed E-state index contributed by atoms with van der Waals surface area (Å²) in [4.78, 5) is 22.8. The highest BCUT2D eigenvalue weighted by atomic mass is 32.1. The van der Waals surface area contributed by atoms with E-state index in [1.165, 1.54) is 0 Å². The van der Waals surface area contributed by atoms with Crippen LogP contribution in [0.2, 0.25) is 0 Å². The maximum absolute atomic E-state index is 12.2. The molecule has 0 aliphatic carbocycles. The summed E-state index contributed by atoms with van der Waals surface area (Å²) in [6, 6.07) is 16.0. The van der Waals surface area contributed by atoms with Gasteiger partial charge < -0.3 is 10.1 Å². The smallest absolute Gasteiger partial charge is 0.276 e. The molecule has 2 rings (SSSR count). The van der Waals surface area contributed by atoms with Crippen molar-refractivity contribution >= 4 is 23.7 Å². The molecule has 0 bridgehead atoms. The largest absolute Gasteiger partial charge is 0.492 e. The molecule has 1 N–H and O–H groups in total. The van der Waals surface area contributed by atoms with Crippen LogP contribution in [-0.4, -0.2) is 24.2 Å². The van der Waals surface area contributed by atoms with E-state index in [2.05, 4.69) is 17.9 Å². The Bertz CT molecular complexity index is 611. The molecule has 108 valence electrons. The normalized spacial score (nSPS) is 9.95. The number of carbonyl (C=O) groups excluding carboxylic acids is 2. The predicted molar refractivity (Wildman–Crippen MR) is 84.2 cm³/mol. The summed E-state index contributed by atoms with van der Waals surface area (Å²) in [5.74, 6) is 0.623. The lowest BCUT2D eigenvalue weighted by atomic mass is 10.0. The first-order valence-corrected chi connectivity index (χ1v) is 6.91. The third-order valence-corrected chi connectivity index (χ3v) is 2.96. The minimum Gasteiger partial charge on any atom is -0.492 e. The van der Waals surface area contributed by atoms with Gasteiger partial charge in [0.05, 0.1) is 6.54 Å². The first-order valence-electron chi connectivity index (χ1n) is 6.46. The van der Waals surface area contributed by atoms with Crippen molar-refractivity contribution in [3.05, 3.63) is 65.7 Å². The maximum Gasteiger partial charge on any atom is 0.276 e. The molecule has 0 unspecified atom stereocenters. The average Bonchev–Trinajstić information content (AvgIpc) is 2.52. The first-order chi connectivity index (χ1) is 10.2. The Kier molecular flexibility index (Phi) is 5.40. The average molecular weight is 301 g/mol. The van der Waals surface area contributed by atoms with Gasteiger partial charge in [0.1, 0.15) is 12.4 Å². The lowest BCUT2D eigenvalue weighted by Gasteiger charge is -2.07. The molecule has 4 nitrogen and oxygen atoms in total. The highest BCUT2D eigenvalue weighted by molar-refractivity contribution is 7.96. The summed E-state index contributed by atoms with van der Waals surface area (Å²) in [7, 11) is 0.